The maximum atomic E-state index is 12.8. The standard InChI is InChI=1S/C14H7Cl2F3N2O4S/c15-7-2-1-6(14(17,18)19)3-9(7)21-26(23,24)12-5-11-10(4-8(12)16)20-13(22)25-11/h1-5,21H,(H,20,22). The van der Waals surface area contributed by atoms with Crippen molar-refractivity contribution in [3.63, 3.8) is 0 Å². The Morgan fingerprint density at radius 3 is 2.42 bits per heavy atom. The van der Waals surface area contributed by atoms with E-state index in [0.717, 1.165) is 18.2 Å². The molecule has 0 aliphatic rings. The van der Waals surface area contributed by atoms with Gasteiger partial charge < -0.3 is 4.42 Å². The molecule has 3 aromatic rings. The molecule has 0 atom stereocenters. The number of sulfonamides is 1. The van der Waals surface area contributed by atoms with Gasteiger partial charge in [-0.05, 0) is 24.3 Å². The normalized spacial score (nSPS) is 12.5. The number of aromatic amines is 1. The molecule has 3 rings (SSSR count). The summed E-state index contributed by atoms with van der Waals surface area (Å²) in [5.74, 6) is -0.820. The summed E-state index contributed by atoms with van der Waals surface area (Å²) in [4.78, 5) is 13.0. The maximum Gasteiger partial charge on any atom is 0.417 e. The van der Waals surface area contributed by atoms with Crippen LogP contribution in [0.1, 0.15) is 5.56 Å². The number of H-pyrrole nitrogens is 1. The number of hydrogen-bond acceptors (Lipinski definition) is 4. The van der Waals surface area contributed by atoms with E-state index < -0.39 is 38.1 Å². The fourth-order valence-corrected chi connectivity index (χ4v) is 3.97. The summed E-state index contributed by atoms with van der Waals surface area (Å²) >= 11 is 11.7. The van der Waals surface area contributed by atoms with Crippen LogP contribution >= 0.6 is 23.2 Å². The van der Waals surface area contributed by atoms with Crippen LogP contribution in [0, 0.1) is 0 Å². The lowest BCUT2D eigenvalue weighted by Gasteiger charge is -2.13. The Hall–Kier alpha value is -2.17. The van der Waals surface area contributed by atoms with Crippen molar-refractivity contribution < 1.29 is 26.0 Å². The molecule has 0 radical (unpaired) electrons. The van der Waals surface area contributed by atoms with Crippen LogP contribution in [0.4, 0.5) is 18.9 Å². The molecular formula is C14H7Cl2F3N2O4S. The molecule has 1 heterocycles. The van der Waals surface area contributed by atoms with E-state index in [1.165, 1.54) is 0 Å². The number of oxazole rings is 1. The highest BCUT2D eigenvalue weighted by atomic mass is 35.5. The van der Waals surface area contributed by atoms with Crippen LogP contribution in [0.25, 0.3) is 11.1 Å². The lowest BCUT2D eigenvalue weighted by Crippen LogP contribution is -2.15. The van der Waals surface area contributed by atoms with E-state index in [1.807, 2.05) is 4.72 Å². The number of nitrogens with one attached hydrogen (secondary N) is 2. The van der Waals surface area contributed by atoms with Gasteiger partial charge in [0, 0.05) is 6.07 Å². The van der Waals surface area contributed by atoms with E-state index >= 15 is 0 Å². The van der Waals surface area contributed by atoms with Crippen LogP contribution in [0.2, 0.25) is 10.0 Å². The average molecular weight is 427 g/mol. The third kappa shape index (κ3) is 3.53. The zero-order valence-electron chi connectivity index (χ0n) is 12.3. The molecule has 2 N–H and O–H groups in total. The zero-order valence-corrected chi connectivity index (χ0v) is 14.6. The molecule has 0 aliphatic heterocycles. The van der Waals surface area contributed by atoms with Crippen molar-refractivity contribution in [1.29, 1.82) is 0 Å². The average Bonchev–Trinajstić information content (AvgIpc) is 2.86. The summed E-state index contributed by atoms with van der Waals surface area (Å²) in [6.45, 7) is 0. The molecule has 2 aromatic carbocycles. The quantitative estimate of drug-likeness (QED) is 0.654. The largest absolute Gasteiger partial charge is 0.417 e. The smallest absolute Gasteiger partial charge is 0.408 e. The van der Waals surface area contributed by atoms with Gasteiger partial charge in [-0.1, -0.05) is 23.2 Å². The van der Waals surface area contributed by atoms with Crippen LogP contribution in [-0.2, 0) is 16.2 Å². The van der Waals surface area contributed by atoms with Crippen molar-refractivity contribution in [2.75, 3.05) is 4.72 Å². The summed E-state index contributed by atoms with van der Waals surface area (Å²) < 4.78 is 70.2. The Morgan fingerprint density at radius 1 is 1.08 bits per heavy atom. The molecular weight excluding hydrogens is 420 g/mol. The number of halogens is 5. The summed E-state index contributed by atoms with van der Waals surface area (Å²) in [6, 6.07) is 4.30. The Bertz CT molecular complexity index is 1170. The maximum absolute atomic E-state index is 12.8. The van der Waals surface area contributed by atoms with Gasteiger partial charge in [-0.15, -0.1) is 0 Å². The molecule has 1 aromatic heterocycles. The second-order valence-corrected chi connectivity index (χ2v) is 7.56. The number of fused-ring (bicyclic) bond motifs is 1. The number of anilines is 1. The van der Waals surface area contributed by atoms with Gasteiger partial charge in [-0.25, -0.2) is 13.2 Å². The van der Waals surface area contributed by atoms with Crippen molar-refractivity contribution in [2.45, 2.75) is 11.1 Å². The fraction of sp³-hybridized carbons (Fsp3) is 0.0714. The second kappa shape index (κ2) is 6.22. The Morgan fingerprint density at radius 2 is 1.77 bits per heavy atom. The molecule has 0 unspecified atom stereocenters. The lowest BCUT2D eigenvalue weighted by atomic mass is 10.2. The number of alkyl halides is 3. The van der Waals surface area contributed by atoms with Gasteiger partial charge in [0.05, 0.1) is 26.8 Å². The molecule has 26 heavy (non-hydrogen) atoms. The fourth-order valence-electron chi connectivity index (χ4n) is 2.14. The van der Waals surface area contributed by atoms with Gasteiger partial charge in [0.15, 0.2) is 5.58 Å². The molecule has 138 valence electrons. The van der Waals surface area contributed by atoms with Gasteiger partial charge in [-0.3, -0.25) is 9.71 Å². The van der Waals surface area contributed by atoms with Crippen LogP contribution in [0.5, 0.6) is 0 Å². The summed E-state index contributed by atoms with van der Waals surface area (Å²) in [5, 5.41) is -0.517. The highest BCUT2D eigenvalue weighted by molar-refractivity contribution is 7.92. The van der Waals surface area contributed by atoms with Gasteiger partial charge in [0.1, 0.15) is 4.90 Å². The third-order valence-electron chi connectivity index (χ3n) is 3.30. The van der Waals surface area contributed by atoms with Gasteiger partial charge in [-0.2, -0.15) is 13.2 Å². The summed E-state index contributed by atoms with van der Waals surface area (Å²) in [7, 11) is -4.42. The van der Waals surface area contributed by atoms with E-state index in [4.69, 9.17) is 27.6 Å². The lowest BCUT2D eigenvalue weighted by molar-refractivity contribution is -0.137. The Kier molecular flexibility index (Phi) is 4.45. The molecule has 0 aliphatic carbocycles. The van der Waals surface area contributed by atoms with Crippen molar-refractivity contribution in [3.8, 4) is 0 Å². The first-order valence-electron chi connectivity index (χ1n) is 6.69. The van der Waals surface area contributed by atoms with Crippen LogP contribution in [0.15, 0.2) is 44.4 Å². The molecule has 0 amide bonds. The molecule has 12 heteroatoms. The second-order valence-electron chi connectivity index (χ2n) is 5.09. The van der Waals surface area contributed by atoms with E-state index in [0.29, 0.717) is 12.1 Å². The first-order chi connectivity index (χ1) is 12.0. The van der Waals surface area contributed by atoms with E-state index in [1.54, 1.807) is 0 Å². The number of hydrogen-bond donors (Lipinski definition) is 2. The van der Waals surface area contributed by atoms with Gasteiger partial charge in [0.2, 0.25) is 0 Å². The number of aromatic nitrogens is 1. The minimum Gasteiger partial charge on any atom is -0.408 e. The molecule has 6 nitrogen and oxygen atoms in total. The van der Waals surface area contributed by atoms with E-state index in [-0.39, 0.29) is 21.1 Å². The van der Waals surface area contributed by atoms with Crippen molar-refractivity contribution in [2.24, 2.45) is 0 Å². The van der Waals surface area contributed by atoms with Crippen molar-refractivity contribution in [3.05, 3.63) is 56.5 Å². The first-order valence-corrected chi connectivity index (χ1v) is 8.93. The van der Waals surface area contributed by atoms with Crippen LogP contribution < -0.4 is 10.5 Å². The van der Waals surface area contributed by atoms with Gasteiger partial charge in [0.25, 0.3) is 10.0 Å². The minimum atomic E-state index is -4.68. The molecule has 0 saturated carbocycles. The zero-order chi connectivity index (χ0) is 19.3. The third-order valence-corrected chi connectivity index (χ3v) is 5.46. The van der Waals surface area contributed by atoms with Crippen molar-refractivity contribution >= 4 is 50.0 Å². The molecule has 0 fully saturated rings. The molecule has 0 spiro atoms. The monoisotopic (exact) mass is 426 g/mol. The number of benzene rings is 2. The van der Waals surface area contributed by atoms with Crippen LogP contribution in [0.3, 0.4) is 0 Å². The summed E-state index contributed by atoms with van der Waals surface area (Å²) in [6.07, 6.45) is -4.68. The highest BCUT2D eigenvalue weighted by Gasteiger charge is 2.31. The summed E-state index contributed by atoms with van der Waals surface area (Å²) in [5.41, 5.74) is -1.49. The van der Waals surface area contributed by atoms with E-state index in [9.17, 15) is 26.4 Å². The van der Waals surface area contributed by atoms with Crippen LogP contribution in [-0.4, -0.2) is 13.4 Å². The van der Waals surface area contributed by atoms with Crippen molar-refractivity contribution in [1.82, 2.24) is 4.98 Å². The molecule has 0 bridgehead atoms. The Balaban J connectivity index is 2.07. The SMILES string of the molecule is O=c1[nH]c2cc(Cl)c(S(=O)(=O)Nc3cc(C(F)(F)F)ccc3Cl)cc2o1. The predicted molar refractivity (Wildman–Crippen MR) is 89.1 cm³/mol. The Labute approximate surface area is 153 Å². The highest BCUT2D eigenvalue weighted by Crippen LogP contribution is 2.35. The first kappa shape index (κ1) is 18.6. The number of rotatable bonds is 3. The minimum absolute atomic E-state index is 0.0880. The van der Waals surface area contributed by atoms with E-state index in [2.05, 4.69) is 4.98 Å². The molecule has 0 saturated heterocycles. The van der Waals surface area contributed by atoms with Gasteiger partial charge >= 0.3 is 11.9 Å². The topological polar surface area (TPSA) is 92.2 Å². The predicted octanol–water partition coefficient (Wildman–Crippen LogP) is 4.25.